The molecule has 2 rings (SSSR count). The smallest absolute Gasteiger partial charge is 0.416 e. The van der Waals surface area contributed by atoms with Crippen molar-refractivity contribution >= 4 is 23.1 Å². The van der Waals surface area contributed by atoms with Crippen molar-refractivity contribution in [2.45, 2.75) is 13.1 Å². The summed E-state index contributed by atoms with van der Waals surface area (Å²) in [5.74, 6) is -1.96. The molecule has 1 heterocycles. The van der Waals surface area contributed by atoms with Crippen LogP contribution in [0.4, 0.5) is 34.8 Å². The molecule has 0 radical (unpaired) electrons. The Morgan fingerprint density at radius 2 is 1.96 bits per heavy atom. The van der Waals surface area contributed by atoms with E-state index in [0.717, 1.165) is 17.9 Å². The first-order valence-electron chi connectivity index (χ1n) is 6.32. The Bertz CT molecular complexity index is 734. The van der Waals surface area contributed by atoms with Gasteiger partial charge in [-0.2, -0.15) is 13.2 Å². The monoisotopic (exact) mass is 329 g/mol. The zero-order valence-corrected chi connectivity index (χ0v) is 11.8. The summed E-state index contributed by atoms with van der Waals surface area (Å²) < 4.78 is 51.8. The summed E-state index contributed by atoms with van der Waals surface area (Å²) in [5, 5.41) is 10.8. The molecule has 2 N–H and O–H groups in total. The highest BCUT2D eigenvalue weighted by Crippen LogP contribution is 2.34. The second-order valence-corrected chi connectivity index (χ2v) is 4.58. The maximum atomic E-state index is 14.1. The third-order valence-electron chi connectivity index (χ3n) is 2.97. The Morgan fingerprint density at radius 3 is 2.48 bits per heavy atom. The Morgan fingerprint density at radius 1 is 1.26 bits per heavy atom. The fourth-order valence-electron chi connectivity index (χ4n) is 1.95. The molecule has 1 amide bonds. The lowest BCUT2D eigenvalue weighted by Gasteiger charge is -2.21. The molecule has 0 spiro atoms. The average Bonchev–Trinajstić information content (AvgIpc) is 2.48. The molecule has 0 aliphatic heterocycles. The minimum Gasteiger partial charge on any atom is -0.630 e. The summed E-state index contributed by atoms with van der Waals surface area (Å²) in [6, 6.07) is 4.41. The highest BCUT2D eigenvalue weighted by atomic mass is 19.4. The van der Waals surface area contributed by atoms with Gasteiger partial charge in [-0.3, -0.25) is 9.69 Å². The number of amides is 1. The van der Waals surface area contributed by atoms with Crippen molar-refractivity contribution < 1.29 is 27.8 Å². The number of pyridine rings is 1. The number of benzene rings is 1. The van der Waals surface area contributed by atoms with Crippen LogP contribution in [0, 0.1) is 11.0 Å². The molecule has 0 saturated carbocycles. The van der Waals surface area contributed by atoms with E-state index in [-0.39, 0.29) is 17.2 Å². The van der Waals surface area contributed by atoms with Gasteiger partial charge in [0, 0.05) is 25.3 Å². The minimum absolute atomic E-state index is 0.0687. The summed E-state index contributed by atoms with van der Waals surface area (Å²) in [5.41, 5.74) is -0.862. The van der Waals surface area contributed by atoms with Gasteiger partial charge in [-0.15, -0.1) is 0 Å². The Balaban J connectivity index is 2.52. The van der Waals surface area contributed by atoms with Crippen molar-refractivity contribution in [3.63, 3.8) is 0 Å². The fourth-order valence-corrected chi connectivity index (χ4v) is 1.95. The van der Waals surface area contributed by atoms with Gasteiger partial charge >= 0.3 is 6.18 Å². The van der Waals surface area contributed by atoms with Crippen molar-refractivity contribution in [3.05, 3.63) is 53.1 Å². The van der Waals surface area contributed by atoms with Crippen LogP contribution in [-0.2, 0) is 11.0 Å². The van der Waals surface area contributed by atoms with Crippen LogP contribution in [0.2, 0.25) is 0 Å². The molecule has 0 saturated heterocycles. The van der Waals surface area contributed by atoms with Crippen LogP contribution in [0.25, 0.3) is 0 Å². The van der Waals surface area contributed by atoms with Crippen LogP contribution in [0.5, 0.6) is 0 Å². The number of rotatable bonds is 3. The number of halogens is 4. The maximum Gasteiger partial charge on any atom is 0.416 e. The van der Waals surface area contributed by atoms with Gasteiger partial charge in [-0.25, -0.2) is 9.37 Å². The van der Waals surface area contributed by atoms with E-state index in [9.17, 15) is 27.6 Å². The van der Waals surface area contributed by atoms with Crippen molar-refractivity contribution in [1.29, 1.82) is 0 Å². The van der Waals surface area contributed by atoms with E-state index in [1.807, 2.05) is 0 Å². The normalized spacial score (nSPS) is 11.4. The van der Waals surface area contributed by atoms with Crippen molar-refractivity contribution in [2.75, 3.05) is 4.90 Å². The Labute approximate surface area is 128 Å². The SMILES string of the molecule is CC(=O)N(c1cc([NH2+][O-])ccn1)c1ccc(C(F)(F)F)cc1F. The largest absolute Gasteiger partial charge is 0.630 e. The molecule has 9 heteroatoms. The first kappa shape index (κ1) is 16.8. The molecule has 0 atom stereocenters. The first-order chi connectivity index (χ1) is 10.7. The molecular weight excluding hydrogens is 318 g/mol. The van der Waals surface area contributed by atoms with Gasteiger partial charge in [0.1, 0.15) is 17.3 Å². The van der Waals surface area contributed by atoms with E-state index in [1.165, 1.54) is 18.3 Å². The van der Waals surface area contributed by atoms with Gasteiger partial charge in [-0.05, 0) is 18.2 Å². The highest BCUT2D eigenvalue weighted by molar-refractivity contribution is 5.98. The third kappa shape index (κ3) is 3.63. The number of anilines is 2. The molecule has 1 aromatic heterocycles. The van der Waals surface area contributed by atoms with E-state index in [0.29, 0.717) is 17.6 Å². The quantitative estimate of drug-likeness (QED) is 0.695. The van der Waals surface area contributed by atoms with Gasteiger partial charge in [0.2, 0.25) is 5.91 Å². The van der Waals surface area contributed by atoms with Gasteiger partial charge in [0.05, 0.1) is 11.3 Å². The summed E-state index contributed by atoms with van der Waals surface area (Å²) >= 11 is 0. The van der Waals surface area contributed by atoms with Crippen molar-refractivity contribution in [3.8, 4) is 0 Å². The van der Waals surface area contributed by atoms with Crippen LogP contribution in [0.15, 0.2) is 36.5 Å². The van der Waals surface area contributed by atoms with Crippen LogP contribution < -0.4 is 10.4 Å². The average molecular weight is 329 g/mol. The number of hydrogen-bond donors (Lipinski definition) is 1. The first-order valence-corrected chi connectivity index (χ1v) is 6.32. The van der Waals surface area contributed by atoms with Crippen LogP contribution in [0.1, 0.15) is 12.5 Å². The van der Waals surface area contributed by atoms with Gasteiger partial charge in [0.15, 0.2) is 0 Å². The number of quaternary nitrogens is 1. The number of carbonyl (C=O) groups is 1. The lowest BCUT2D eigenvalue weighted by atomic mass is 10.1. The second-order valence-electron chi connectivity index (χ2n) is 4.58. The predicted molar refractivity (Wildman–Crippen MR) is 73.4 cm³/mol. The Kier molecular flexibility index (Phi) is 4.62. The van der Waals surface area contributed by atoms with E-state index < -0.39 is 23.5 Å². The number of aromatic nitrogens is 1. The minimum atomic E-state index is -4.70. The van der Waals surface area contributed by atoms with Gasteiger partial charge in [-0.1, -0.05) is 0 Å². The van der Waals surface area contributed by atoms with E-state index in [2.05, 4.69) is 4.98 Å². The standard InChI is InChI=1S/C14H11F4N3O2/c1-8(22)21(13-7-10(20-23)4-5-19-13)12-3-2-9(6-11(12)15)14(16,17)18/h2-7H,20H2,1H3. The number of nitrogens with two attached hydrogens (primary N) is 1. The van der Waals surface area contributed by atoms with Crippen LogP contribution in [0.3, 0.4) is 0 Å². The zero-order valence-electron chi connectivity index (χ0n) is 11.8. The fraction of sp³-hybridized carbons (Fsp3) is 0.143. The van der Waals surface area contributed by atoms with Gasteiger partial charge < -0.3 is 10.7 Å². The second kappa shape index (κ2) is 6.31. The molecular formula is C14H11F4N3O2. The van der Waals surface area contributed by atoms with Gasteiger partial charge in [0.25, 0.3) is 0 Å². The number of carbonyl (C=O) groups excluding carboxylic acids is 1. The molecule has 2 aromatic rings. The molecule has 0 aliphatic carbocycles. The van der Waals surface area contributed by atoms with E-state index >= 15 is 0 Å². The van der Waals surface area contributed by atoms with Crippen molar-refractivity contribution in [1.82, 2.24) is 4.98 Å². The van der Waals surface area contributed by atoms with Crippen molar-refractivity contribution in [2.24, 2.45) is 0 Å². The lowest BCUT2D eigenvalue weighted by Crippen LogP contribution is -2.70. The van der Waals surface area contributed by atoms with E-state index in [4.69, 9.17) is 0 Å². The summed E-state index contributed by atoms with van der Waals surface area (Å²) in [6.07, 6.45) is -3.47. The zero-order chi connectivity index (χ0) is 17.2. The maximum absolute atomic E-state index is 14.1. The molecule has 0 unspecified atom stereocenters. The molecule has 23 heavy (non-hydrogen) atoms. The highest BCUT2D eigenvalue weighted by Gasteiger charge is 2.32. The van der Waals surface area contributed by atoms with Crippen LogP contribution >= 0.6 is 0 Å². The number of nitrogens with zero attached hydrogens (tertiary/aromatic N) is 2. The van der Waals surface area contributed by atoms with E-state index in [1.54, 1.807) is 0 Å². The lowest BCUT2D eigenvalue weighted by molar-refractivity contribution is -0.497. The molecule has 0 bridgehead atoms. The van der Waals surface area contributed by atoms with Crippen LogP contribution in [-0.4, -0.2) is 10.9 Å². The molecule has 0 aliphatic rings. The topological polar surface area (TPSA) is 72.9 Å². The third-order valence-corrected chi connectivity index (χ3v) is 2.97. The summed E-state index contributed by atoms with van der Waals surface area (Å²) in [6.45, 7) is 1.10. The molecule has 5 nitrogen and oxygen atoms in total. The summed E-state index contributed by atoms with van der Waals surface area (Å²) in [4.78, 5) is 16.4. The molecule has 0 fully saturated rings. The number of alkyl halides is 3. The number of hydrogen-bond acceptors (Lipinski definition) is 3. The predicted octanol–water partition coefficient (Wildman–Crippen LogP) is 2.62. The summed E-state index contributed by atoms with van der Waals surface area (Å²) in [7, 11) is 0. The molecule has 122 valence electrons. The Hall–Kier alpha value is -2.52. The molecule has 1 aromatic carbocycles.